The van der Waals surface area contributed by atoms with Gasteiger partial charge in [-0.25, -0.2) is 8.78 Å². The summed E-state index contributed by atoms with van der Waals surface area (Å²) in [5, 5.41) is 0. The second kappa shape index (κ2) is 4.04. The maximum absolute atomic E-state index is 12.8. The van der Waals surface area contributed by atoms with Crippen molar-refractivity contribution in [2.75, 3.05) is 0 Å². The molecule has 1 nitrogen and oxygen atoms in total. The molecule has 0 aliphatic heterocycles. The van der Waals surface area contributed by atoms with Crippen LogP contribution in [0.2, 0.25) is 0 Å². The monoisotopic (exact) mass is 266 g/mol. The fraction of sp³-hybridized carbons (Fsp3) is 0.250. The van der Waals surface area contributed by atoms with Gasteiger partial charge in [0.1, 0.15) is 11.4 Å². The van der Waals surface area contributed by atoms with Crippen LogP contribution in [0.3, 0.4) is 0 Å². The molecule has 0 heterocycles. The number of hydrogen-bond donors (Lipinski definition) is 0. The third-order valence-corrected chi connectivity index (χ3v) is 1.56. The van der Waals surface area contributed by atoms with Gasteiger partial charge in [0.05, 0.1) is 0 Å². The number of halogens is 8. The Kier molecular flexibility index (Phi) is 3.22. The fourth-order valence-corrected chi connectivity index (χ4v) is 1.01. The maximum atomic E-state index is 12.8. The molecule has 0 radical (unpaired) electrons. The Hall–Kier alpha value is -1.54. The Morgan fingerprint density at radius 1 is 0.824 bits per heavy atom. The molecule has 0 bridgehead atoms. The molecule has 1 aromatic rings. The highest BCUT2D eigenvalue weighted by Crippen LogP contribution is 2.41. The molecule has 0 spiro atoms. The minimum atomic E-state index is -5.56. The zero-order chi connectivity index (χ0) is 13.4. The van der Waals surface area contributed by atoms with Gasteiger partial charge in [0.2, 0.25) is 0 Å². The van der Waals surface area contributed by atoms with Crippen LogP contribution in [-0.2, 0) is 6.18 Å². The maximum Gasteiger partial charge on any atom is 0.573 e. The Morgan fingerprint density at radius 2 is 1.29 bits per heavy atom. The van der Waals surface area contributed by atoms with Crippen LogP contribution in [0.4, 0.5) is 35.1 Å². The molecule has 0 aliphatic carbocycles. The van der Waals surface area contributed by atoms with Crippen molar-refractivity contribution < 1.29 is 39.9 Å². The van der Waals surface area contributed by atoms with E-state index in [1.807, 2.05) is 0 Å². The average Bonchev–Trinajstić information content (AvgIpc) is 2.06. The summed E-state index contributed by atoms with van der Waals surface area (Å²) in [5.74, 6) is -6.25. The summed E-state index contributed by atoms with van der Waals surface area (Å²) in [6.45, 7) is 0. The molecule has 0 aliphatic rings. The number of alkyl halides is 6. The predicted molar refractivity (Wildman–Crippen MR) is 38.0 cm³/mol. The van der Waals surface area contributed by atoms with Crippen molar-refractivity contribution in [2.45, 2.75) is 12.5 Å². The van der Waals surface area contributed by atoms with Gasteiger partial charge >= 0.3 is 12.5 Å². The second-order valence-corrected chi connectivity index (χ2v) is 2.78. The smallest absolute Gasteiger partial charge is 0.402 e. The lowest BCUT2D eigenvalue weighted by Gasteiger charge is -2.16. The zero-order valence-electron chi connectivity index (χ0n) is 7.59. The quantitative estimate of drug-likeness (QED) is 0.701. The molecule has 1 rings (SSSR count). The summed E-state index contributed by atoms with van der Waals surface area (Å²) in [4.78, 5) is 0. The molecule has 17 heavy (non-hydrogen) atoms. The lowest BCUT2D eigenvalue weighted by Crippen LogP contribution is -2.22. The summed E-state index contributed by atoms with van der Waals surface area (Å²) in [6, 6.07) is 0.160. The Morgan fingerprint density at radius 3 is 1.71 bits per heavy atom. The fourth-order valence-electron chi connectivity index (χ4n) is 1.01. The van der Waals surface area contributed by atoms with Crippen LogP contribution >= 0.6 is 0 Å². The highest BCUT2D eigenvalue weighted by atomic mass is 19.4. The van der Waals surface area contributed by atoms with Gasteiger partial charge in [0.15, 0.2) is 11.6 Å². The second-order valence-electron chi connectivity index (χ2n) is 2.78. The summed E-state index contributed by atoms with van der Waals surface area (Å²) >= 11 is 0. The van der Waals surface area contributed by atoms with Crippen LogP contribution in [0.25, 0.3) is 0 Å². The van der Waals surface area contributed by atoms with Crippen molar-refractivity contribution in [1.29, 1.82) is 0 Å². The van der Waals surface area contributed by atoms with Gasteiger partial charge in [0.25, 0.3) is 0 Å². The van der Waals surface area contributed by atoms with Crippen LogP contribution < -0.4 is 4.74 Å². The first-order valence-electron chi connectivity index (χ1n) is 3.83. The van der Waals surface area contributed by atoms with E-state index in [-0.39, 0.29) is 12.1 Å². The van der Waals surface area contributed by atoms with Crippen LogP contribution in [-0.4, -0.2) is 6.36 Å². The topological polar surface area (TPSA) is 9.23 Å². The first kappa shape index (κ1) is 13.5. The highest BCUT2D eigenvalue weighted by molar-refractivity contribution is 5.38. The Balaban J connectivity index is 3.41. The van der Waals surface area contributed by atoms with E-state index in [0.29, 0.717) is 0 Å². The van der Waals surface area contributed by atoms with E-state index in [4.69, 9.17) is 0 Å². The van der Waals surface area contributed by atoms with Crippen molar-refractivity contribution in [2.24, 2.45) is 0 Å². The lowest BCUT2D eigenvalue weighted by molar-refractivity contribution is -0.277. The number of ether oxygens (including phenoxy) is 1. The molecule has 0 amide bonds. The van der Waals surface area contributed by atoms with Gasteiger partial charge in [-0.2, -0.15) is 13.2 Å². The number of hydrogen-bond acceptors (Lipinski definition) is 1. The SMILES string of the molecule is Fc1ccc(F)c(C(F)(F)F)c1OC(F)(F)F. The first-order valence-corrected chi connectivity index (χ1v) is 3.83. The molecular weight excluding hydrogens is 264 g/mol. The van der Waals surface area contributed by atoms with Crippen LogP contribution in [0.5, 0.6) is 5.75 Å². The first-order chi connectivity index (χ1) is 7.52. The average molecular weight is 266 g/mol. The molecule has 0 saturated heterocycles. The summed E-state index contributed by atoms with van der Waals surface area (Å²) in [7, 11) is 0. The number of rotatable bonds is 1. The van der Waals surface area contributed by atoms with Gasteiger partial charge in [0, 0.05) is 0 Å². The minimum Gasteiger partial charge on any atom is -0.402 e. The molecule has 0 aromatic heterocycles. The summed E-state index contributed by atoms with van der Waals surface area (Å²) < 4.78 is 100. The third kappa shape index (κ3) is 3.21. The summed E-state index contributed by atoms with van der Waals surface area (Å²) in [5.41, 5.74) is -2.44. The van der Waals surface area contributed by atoms with Crippen molar-refractivity contribution >= 4 is 0 Å². The molecule has 0 saturated carbocycles. The zero-order valence-corrected chi connectivity index (χ0v) is 7.59. The van der Waals surface area contributed by atoms with Gasteiger partial charge < -0.3 is 4.74 Å². The standard InChI is InChI=1S/C8H2F8O/c9-3-1-2-4(10)6(17-8(14,15)16)5(3)7(11,12)13/h1-2H. The molecule has 0 N–H and O–H groups in total. The van der Waals surface area contributed by atoms with Crippen molar-refractivity contribution in [3.05, 3.63) is 29.3 Å². The normalized spacial score (nSPS) is 12.7. The largest absolute Gasteiger partial charge is 0.573 e. The molecule has 96 valence electrons. The van der Waals surface area contributed by atoms with Gasteiger partial charge in [-0.05, 0) is 12.1 Å². The number of benzene rings is 1. The molecule has 0 unspecified atom stereocenters. The summed E-state index contributed by atoms with van der Waals surface area (Å²) in [6.07, 6.45) is -11.1. The van der Waals surface area contributed by atoms with E-state index in [1.165, 1.54) is 0 Å². The van der Waals surface area contributed by atoms with Crippen LogP contribution in [0.1, 0.15) is 5.56 Å². The molecule has 0 fully saturated rings. The molecule has 9 heteroatoms. The van der Waals surface area contributed by atoms with Crippen LogP contribution in [0.15, 0.2) is 12.1 Å². The molecular formula is C8H2F8O. The van der Waals surface area contributed by atoms with E-state index in [0.717, 1.165) is 0 Å². The van der Waals surface area contributed by atoms with Crippen molar-refractivity contribution in [3.63, 3.8) is 0 Å². The van der Waals surface area contributed by atoms with E-state index in [2.05, 4.69) is 4.74 Å². The molecule has 1 aromatic carbocycles. The predicted octanol–water partition coefficient (Wildman–Crippen LogP) is 3.88. The van der Waals surface area contributed by atoms with Crippen molar-refractivity contribution in [3.8, 4) is 5.75 Å². The minimum absolute atomic E-state index is 0.0569. The van der Waals surface area contributed by atoms with Gasteiger partial charge in [-0.3, -0.25) is 0 Å². The van der Waals surface area contributed by atoms with E-state index >= 15 is 0 Å². The van der Waals surface area contributed by atoms with E-state index < -0.39 is 35.5 Å². The molecule has 0 atom stereocenters. The third-order valence-electron chi connectivity index (χ3n) is 1.56. The van der Waals surface area contributed by atoms with E-state index in [1.54, 1.807) is 0 Å². The van der Waals surface area contributed by atoms with E-state index in [9.17, 15) is 35.1 Å². The Bertz CT molecular complexity index is 419. The highest BCUT2D eigenvalue weighted by Gasteiger charge is 2.43. The van der Waals surface area contributed by atoms with Gasteiger partial charge in [-0.15, -0.1) is 13.2 Å². The van der Waals surface area contributed by atoms with Crippen LogP contribution in [0, 0.1) is 11.6 Å². The lowest BCUT2D eigenvalue weighted by atomic mass is 10.1. The Labute approximate surface area is 88.6 Å². The van der Waals surface area contributed by atoms with Gasteiger partial charge in [-0.1, -0.05) is 0 Å². The van der Waals surface area contributed by atoms with Crippen molar-refractivity contribution in [1.82, 2.24) is 0 Å².